The van der Waals surface area contributed by atoms with Crippen molar-refractivity contribution < 1.29 is 18.9 Å². The number of hydrogen-bond donors (Lipinski definition) is 0. The van der Waals surface area contributed by atoms with Crippen molar-refractivity contribution in [3.8, 4) is 5.75 Å². The Labute approximate surface area is 161 Å². The fourth-order valence-electron chi connectivity index (χ4n) is 2.64. The number of ketones is 1. The Balaban J connectivity index is 1.59. The van der Waals surface area contributed by atoms with Gasteiger partial charge in [0.1, 0.15) is 23.9 Å². The van der Waals surface area contributed by atoms with Gasteiger partial charge in [0.05, 0.1) is 16.7 Å². The first-order valence-electron chi connectivity index (χ1n) is 8.68. The molecule has 0 saturated heterocycles. The van der Waals surface area contributed by atoms with E-state index in [-0.39, 0.29) is 18.1 Å². The van der Waals surface area contributed by atoms with Gasteiger partial charge in [0.25, 0.3) is 5.69 Å². The first-order chi connectivity index (χ1) is 13.5. The molecule has 144 valence electrons. The van der Waals surface area contributed by atoms with Crippen molar-refractivity contribution in [2.45, 2.75) is 27.0 Å². The first kappa shape index (κ1) is 19.1. The number of allylic oxidation sites excluding steroid dienone is 1. The Kier molecular flexibility index (Phi) is 5.69. The van der Waals surface area contributed by atoms with Crippen LogP contribution in [-0.2, 0) is 13.2 Å². The van der Waals surface area contributed by atoms with E-state index in [9.17, 15) is 14.9 Å². The number of aryl methyl sites for hydroxylation is 1. The van der Waals surface area contributed by atoms with Gasteiger partial charge in [0.15, 0.2) is 5.78 Å². The predicted octanol–water partition coefficient (Wildman–Crippen LogP) is 4.19. The zero-order valence-electron chi connectivity index (χ0n) is 15.5. The number of aromatic nitrogens is 2. The summed E-state index contributed by atoms with van der Waals surface area (Å²) in [5.41, 5.74) is 1.39. The maximum atomic E-state index is 12.3. The van der Waals surface area contributed by atoms with E-state index in [1.165, 1.54) is 30.3 Å². The number of carbonyl (C=O) groups is 1. The third kappa shape index (κ3) is 4.35. The SMILES string of the molecule is CCn1ncc(C(=O)/C=C/c2ccc(COc3ccc([N+](=O)[O-])cc3)o2)c1C. The summed E-state index contributed by atoms with van der Waals surface area (Å²) in [6, 6.07) is 9.29. The van der Waals surface area contributed by atoms with E-state index in [2.05, 4.69) is 5.10 Å². The molecule has 28 heavy (non-hydrogen) atoms. The molecule has 0 radical (unpaired) electrons. The Bertz CT molecular complexity index is 1010. The van der Waals surface area contributed by atoms with Crippen LogP contribution in [0.1, 0.15) is 34.5 Å². The van der Waals surface area contributed by atoms with Crippen LogP contribution in [0.2, 0.25) is 0 Å². The summed E-state index contributed by atoms with van der Waals surface area (Å²) < 4.78 is 12.9. The highest BCUT2D eigenvalue weighted by molar-refractivity contribution is 6.07. The maximum Gasteiger partial charge on any atom is 0.269 e. The molecule has 3 aromatic rings. The summed E-state index contributed by atoms with van der Waals surface area (Å²) >= 11 is 0. The number of hydrogen-bond acceptors (Lipinski definition) is 6. The van der Waals surface area contributed by atoms with Crippen LogP contribution < -0.4 is 4.74 Å². The zero-order valence-corrected chi connectivity index (χ0v) is 15.5. The second kappa shape index (κ2) is 8.34. The van der Waals surface area contributed by atoms with Gasteiger partial charge >= 0.3 is 0 Å². The van der Waals surface area contributed by atoms with Gasteiger partial charge in [0.2, 0.25) is 0 Å². The molecule has 0 spiro atoms. The van der Waals surface area contributed by atoms with Gasteiger partial charge in [-0.25, -0.2) is 0 Å². The second-order valence-electron chi connectivity index (χ2n) is 6.00. The van der Waals surface area contributed by atoms with Gasteiger partial charge in [-0.15, -0.1) is 0 Å². The minimum absolute atomic E-state index is 0.00200. The molecule has 2 heterocycles. The molecule has 0 saturated carbocycles. The number of carbonyl (C=O) groups excluding carboxylic acids is 1. The smallest absolute Gasteiger partial charge is 0.269 e. The topological polar surface area (TPSA) is 100 Å². The highest BCUT2D eigenvalue weighted by Crippen LogP contribution is 2.19. The summed E-state index contributed by atoms with van der Waals surface area (Å²) in [5.74, 6) is 1.45. The molecule has 0 N–H and O–H groups in total. The van der Waals surface area contributed by atoms with Crippen molar-refractivity contribution in [1.29, 1.82) is 0 Å². The minimum atomic E-state index is -0.467. The van der Waals surface area contributed by atoms with Crippen LogP contribution in [0.5, 0.6) is 5.75 Å². The lowest BCUT2D eigenvalue weighted by molar-refractivity contribution is -0.384. The first-order valence-corrected chi connectivity index (χ1v) is 8.68. The van der Waals surface area contributed by atoms with Crippen molar-refractivity contribution >= 4 is 17.5 Å². The van der Waals surface area contributed by atoms with E-state index in [1.807, 2.05) is 13.8 Å². The third-order valence-electron chi connectivity index (χ3n) is 4.18. The number of furan rings is 1. The fraction of sp³-hybridized carbons (Fsp3) is 0.200. The van der Waals surface area contributed by atoms with E-state index < -0.39 is 4.92 Å². The zero-order chi connectivity index (χ0) is 20.1. The number of benzene rings is 1. The third-order valence-corrected chi connectivity index (χ3v) is 4.18. The predicted molar refractivity (Wildman–Crippen MR) is 102 cm³/mol. The average Bonchev–Trinajstić information content (AvgIpc) is 3.31. The van der Waals surface area contributed by atoms with E-state index in [0.29, 0.717) is 29.4 Å². The van der Waals surface area contributed by atoms with Crippen LogP contribution in [0, 0.1) is 17.0 Å². The number of rotatable bonds is 8. The van der Waals surface area contributed by atoms with E-state index in [0.717, 1.165) is 5.69 Å². The van der Waals surface area contributed by atoms with Gasteiger partial charge in [0, 0.05) is 24.4 Å². The van der Waals surface area contributed by atoms with Crippen LogP contribution >= 0.6 is 0 Å². The Morgan fingerprint density at radius 2 is 2.04 bits per heavy atom. The van der Waals surface area contributed by atoms with Crippen molar-refractivity contribution in [3.05, 3.63) is 81.6 Å². The standard InChI is InChI=1S/C20H19N3O5/c1-3-22-14(2)19(12-21-22)20(24)11-10-17-8-9-18(28-17)13-27-16-6-4-15(5-7-16)23(25)26/h4-12H,3,13H2,1-2H3/b11-10+. The molecule has 3 rings (SSSR count). The molecule has 0 bridgehead atoms. The van der Waals surface area contributed by atoms with E-state index in [1.54, 1.807) is 29.1 Å². The molecule has 0 unspecified atom stereocenters. The highest BCUT2D eigenvalue weighted by atomic mass is 16.6. The molecule has 0 amide bonds. The molecule has 2 aromatic heterocycles. The Morgan fingerprint density at radius 3 is 2.68 bits per heavy atom. The van der Waals surface area contributed by atoms with Crippen LogP contribution in [0.25, 0.3) is 6.08 Å². The number of ether oxygens (including phenoxy) is 1. The summed E-state index contributed by atoms with van der Waals surface area (Å²) in [5, 5.41) is 14.8. The van der Waals surface area contributed by atoms with E-state index >= 15 is 0 Å². The fourth-order valence-corrected chi connectivity index (χ4v) is 2.64. The average molecular weight is 381 g/mol. The lowest BCUT2D eigenvalue weighted by Gasteiger charge is -2.03. The van der Waals surface area contributed by atoms with Gasteiger partial charge < -0.3 is 9.15 Å². The highest BCUT2D eigenvalue weighted by Gasteiger charge is 2.11. The van der Waals surface area contributed by atoms with Crippen molar-refractivity contribution in [3.63, 3.8) is 0 Å². The number of nitro groups is 1. The second-order valence-corrected chi connectivity index (χ2v) is 6.00. The summed E-state index contributed by atoms with van der Waals surface area (Å²) in [6.45, 7) is 4.70. The number of nitro benzene ring substituents is 1. The largest absolute Gasteiger partial charge is 0.486 e. The van der Waals surface area contributed by atoms with Gasteiger partial charge in [-0.2, -0.15) is 5.10 Å². The monoisotopic (exact) mass is 381 g/mol. The normalized spacial score (nSPS) is 11.1. The molecule has 0 fully saturated rings. The van der Waals surface area contributed by atoms with Gasteiger partial charge in [-0.1, -0.05) is 0 Å². The molecule has 0 atom stereocenters. The lowest BCUT2D eigenvalue weighted by atomic mass is 10.1. The van der Waals surface area contributed by atoms with Crippen molar-refractivity contribution in [1.82, 2.24) is 9.78 Å². The van der Waals surface area contributed by atoms with Gasteiger partial charge in [-0.3, -0.25) is 19.6 Å². The lowest BCUT2D eigenvalue weighted by Crippen LogP contribution is -2.01. The molecule has 8 nitrogen and oxygen atoms in total. The Hall–Kier alpha value is -3.68. The minimum Gasteiger partial charge on any atom is -0.486 e. The van der Waals surface area contributed by atoms with Crippen LogP contribution in [0.4, 0.5) is 5.69 Å². The van der Waals surface area contributed by atoms with Crippen molar-refractivity contribution in [2.75, 3.05) is 0 Å². The summed E-state index contributed by atoms with van der Waals surface area (Å²) in [6.07, 6.45) is 4.61. The Morgan fingerprint density at radius 1 is 1.29 bits per heavy atom. The van der Waals surface area contributed by atoms with Crippen LogP contribution in [-0.4, -0.2) is 20.5 Å². The van der Waals surface area contributed by atoms with E-state index in [4.69, 9.17) is 9.15 Å². The summed E-state index contributed by atoms with van der Waals surface area (Å²) in [4.78, 5) is 22.5. The molecule has 0 aliphatic heterocycles. The number of non-ortho nitro benzene ring substituents is 1. The molecular formula is C20H19N3O5. The number of nitrogens with zero attached hydrogens (tertiary/aromatic N) is 3. The molecule has 1 aromatic carbocycles. The summed E-state index contributed by atoms with van der Waals surface area (Å²) in [7, 11) is 0. The quantitative estimate of drug-likeness (QED) is 0.251. The van der Waals surface area contributed by atoms with Gasteiger partial charge in [-0.05, 0) is 50.3 Å². The maximum absolute atomic E-state index is 12.3. The molecule has 0 aliphatic rings. The van der Waals surface area contributed by atoms with Crippen molar-refractivity contribution in [2.24, 2.45) is 0 Å². The molecule has 8 heteroatoms. The van der Waals surface area contributed by atoms with Crippen LogP contribution in [0.15, 0.2) is 53.1 Å². The van der Waals surface area contributed by atoms with Crippen LogP contribution in [0.3, 0.4) is 0 Å². The molecule has 0 aliphatic carbocycles. The molecular weight excluding hydrogens is 362 g/mol.